The number of halogens is 3. The Morgan fingerprint density at radius 1 is 1.15 bits per heavy atom. The zero-order chi connectivity index (χ0) is 19.1. The standard InChI is InChI=1S/C17H13F3N2O3S/c18-17(19,20)11-4-2-1-3-9(11)15(25)22-16-13(14(21)24)10-6-5-8(23)7-12(10)26-16/h1-4H,5-7H2,(H2,21,24)(H,22,25). The third kappa shape index (κ3) is 3.34. The normalized spacial score (nSPS) is 14.0. The van der Waals surface area contributed by atoms with Crippen molar-refractivity contribution in [2.24, 2.45) is 5.73 Å². The second-order valence-electron chi connectivity index (χ2n) is 5.79. The first kappa shape index (κ1) is 18.1. The number of nitrogens with one attached hydrogen (secondary N) is 1. The molecule has 9 heteroatoms. The predicted octanol–water partition coefficient (Wildman–Crippen LogP) is 3.18. The van der Waals surface area contributed by atoms with Crippen LogP contribution in [-0.4, -0.2) is 17.6 Å². The Kier molecular flexibility index (Phi) is 4.57. The first-order chi connectivity index (χ1) is 12.2. The average molecular weight is 382 g/mol. The smallest absolute Gasteiger partial charge is 0.365 e. The molecule has 0 saturated carbocycles. The highest BCUT2D eigenvalue weighted by Gasteiger charge is 2.35. The summed E-state index contributed by atoms with van der Waals surface area (Å²) in [5, 5.41) is 2.43. The fraction of sp³-hybridized carbons (Fsp3) is 0.235. The van der Waals surface area contributed by atoms with Gasteiger partial charge < -0.3 is 11.1 Å². The minimum atomic E-state index is -4.69. The summed E-state index contributed by atoms with van der Waals surface area (Å²) in [5.74, 6) is -1.79. The quantitative estimate of drug-likeness (QED) is 0.854. The third-order valence-corrected chi connectivity index (χ3v) is 5.20. The molecular weight excluding hydrogens is 369 g/mol. The lowest BCUT2D eigenvalue weighted by atomic mass is 9.94. The van der Waals surface area contributed by atoms with Crippen molar-refractivity contribution in [1.29, 1.82) is 0 Å². The van der Waals surface area contributed by atoms with Gasteiger partial charge in [-0.15, -0.1) is 11.3 Å². The molecule has 0 atom stereocenters. The van der Waals surface area contributed by atoms with E-state index in [1.165, 1.54) is 12.1 Å². The summed E-state index contributed by atoms with van der Waals surface area (Å²) < 4.78 is 39.3. The maximum Gasteiger partial charge on any atom is 0.417 e. The van der Waals surface area contributed by atoms with Gasteiger partial charge in [-0.25, -0.2) is 0 Å². The predicted molar refractivity (Wildman–Crippen MR) is 89.3 cm³/mol. The number of ketones is 1. The number of Topliss-reactive ketones (excluding diaryl/α,β-unsaturated/α-hetero) is 1. The van der Waals surface area contributed by atoms with Crippen LogP contribution in [0, 0.1) is 0 Å². The number of thiophene rings is 1. The molecule has 1 aromatic carbocycles. The Morgan fingerprint density at radius 3 is 2.50 bits per heavy atom. The number of hydrogen-bond acceptors (Lipinski definition) is 4. The molecule has 136 valence electrons. The van der Waals surface area contributed by atoms with E-state index in [4.69, 9.17) is 5.73 Å². The number of primary amides is 1. The van der Waals surface area contributed by atoms with Gasteiger partial charge in [0, 0.05) is 17.7 Å². The van der Waals surface area contributed by atoms with E-state index in [1.807, 2.05) is 0 Å². The van der Waals surface area contributed by atoms with E-state index in [9.17, 15) is 27.6 Å². The molecule has 0 aliphatic heterocycles. The topological polar surface area (TPSA) is 89.3 Å². The molecule has 0 saturated heterocycles. The fourth-order valence-electron chi connectivity index (χ4n) is 2.90. The molecule has 3 rings (SSSR count). The zero-order valence-electron chi connectivity index (χ0n) is 13.3. The van der Waals surface area contributed by atoms with Crippen LogP contribution in [0.2, 0.25) is 0 Å². The summed E-state index contributed by atoms with van der Waals surface area (Å²) >= 11 is 0.996. The van der Waals surface area contributed by atoms with E-state index < -0.39 is 29.1 Å². The van der Waals surface area contributed by atoms with Crippen LogP contribution in [-0.2, 0) is 23.8 Å². The number of carbonyl (C=O) groups is 3. The monoisotopic (exact) mass is 382 g/mol. The number of hydrogen-bond donors (Lipinski definition) is 2. The Morgan fingerprint density at radius 2 is 1.85 bits per heavy atom. The van der Waals surface area contributed by atoms with E-state index in [2.05, 4.69) is 5.32 Å². The Labute approximate surface area is 150 Å². The molecule has 0 radical (unpaired) electrons. The van der Waals surface area contributed by atoms with Crippen LogP contribution in [0.15, 0.2) is 24.3 Å². The van der Waals surface area contributed by atoms with Gasteiger partial charge in [0.15, 0.2) is 0 Å². The van der Waals surface area contributed by atoms with Crippen molar-refractivity contribution in [3.05, 3.63) is 51.4 Å². The van der Waals surface area contributed by atoms with Gasteiger partial charge in [-0.3, -0.25) is 14.4 Å². The molecule has 1 aliphatic rings. The Hall–Kier alpha value is -2.68. The van der Waals surface area contributed by atoms with Crippen LogP contribution < -0.4 is 11.1 Å². The molecule has 1 aromatic heterocycles. The van der Waals surface area contributed by atoms with Gasteiger partial charge in [-0.1, -0.05) is 12.1 Å². The van der Waals surface area contributed by atoms with Gasteiger partial charge >= 0.3 is 6.18 Å². The lowest BCUT2D eigenvalue weighted by Crippen LogP contribution is -2.21. The van der Waals surface area contributed by atoms with Gasteiger partial charge in [-0.05, 0) is 24.1 Å². The molecule has 1 aliphatic carbocycles. The highest BCUT2D eigenvalue weighted by molar-refractivity contribution is 7.17. The van der Waals surface area contributed by atoms with Gasteiger partial charge in [0.05, 0.1) is 16.7 Å². The number of benzene rings is 1. The maximum absolute atomic E-state index is 13.1. The van der Waals surface area contributed by atoms with Crippen LogP contribution in [0.4, 0.5) is 18.2 Å². The molecule has 2 aromatic rings. The first-order valence-electron chi connectivity index (χ1n) is 7.62. The molecule has 0 spiro atoms. The molecule has 1 heterocycles. The number of alkyl halides is 3. The van der Waals surface area contributed by atoms with Gasteiger partial charge in [-0.2, -0.15) is 13.2 Å². The van der Waals surface area contributed by atoms with Crippen LogP contribution >= 0.6 is 11.3 Å². The number of anilines is 1. The Balaban J connectivity index is 1.99. The minimum Gasteiger partial charge on any atom is -0.365 e. The number of rotatable bonds is 3. The fourth-order valence-corrected chi connectivity index (χ4v) is 4.18. The average Bonchev–Trinajstić information content (AvgIpc) is 2.90. The van der Waals surface area contributed by atoms with Gasteiger partial charge in [0.2, 0.25) is 0 Å². The van der Waals surface area contributed by atoms with Crippen molar-refractivity contribution in [3.63, 3.8) is 0 Å². The second-order valence-corrected chi connectivity index (χ2v) is 6.89. The molecule has 5 nitrogen and oxygen atoms in total. The summed E-state index contributed by atoms with van der Waals surface area (Å²) in [6.07, 6.45) is -4.00. The summed E-state index contributed by atoms with van der Waals surface area (Å²) in [7, 11) is 0. The van der Waals surface area contributed by atoms with Crippen molar-refractivity contribution in [2.45, 2.75) is 25.4 Å². The molecule has 0 fully saturated rings. The van der Waals surface area contributed by atoms with Crippen LogP contribution in [0.5, 0.6) is 0 Å². The number of fused-ring (bicyclic) bond motifs is 1. The van der Waals surface area contributed by atoms with Crippen molar-refractivity contribution in [1.82, 2.24) is 0 Å². The highest BCUT2D eigenvalue weighted by Crippen LogP contribution is 2.38. The number of amides is 2. The summed E-state index contributed by atoms with van der Waals surface area (Å²) in [6, 6.07) is 4.36. The number of nitrogens with two attached hydrogens (primary N) is 1. The van der Waals surface area contributed by atoms with Crippen molar-refractivity contribution < 1.29 is 27.6 Å². The van der Waals surface area contributed by atoms with Crippen LogP contribution in [0.1, 0.15) is 43.1 Å². The van der Waals surface area contributed by atoms with E-state index in [1.54, 1.807) is 0 Å². The van der Waals surface area contributed by atoms with E-state index in [0.29, 0.717) is 16.9 Å². The van der Waals surface area contributed by atoms with E-state index >= 15 is 0 Å². The molecule has 0 bridgehead atoms. The lowest BCUT2D eigenvalue weighted by Gasteiger charge is -2.13. The summed E-state index contributed by atoms with van der Waals surface area (Å²) in [4.78, 5) is 36.4. The lowest BCUT2D eigenvalue weighted by molar-refractivity contribution is -0.137. The van der Waals surface area contributed by atoms with E-state index in [0.717, 1.165) is 23.5 Å². The largest absolute Gasteiger partial charge is 0.417 e. The minimum absolute atomic E-state index is 0.00457. The van der Waals surface area contributed by atoms with Crippen LogP contribution in [0.25, 0.3) is 0 Å². The third-order valence-electron chi connectivity index (χ3n) is 4.05. The summed E-state index contributed by atoms with van der Waals surface area (Å²) in [6.45, 7) is 0. The molecular formula is C17H13F3N2O3S. The van der Waals surface area contributed by atoms with Crippen molar-refractivity contribution >= 4 is 33.9 Å². The van der Waals surface area contributed by atoms with Crippen molar-refractivity contribution in [3.8, 4) is 0 Å². The highest BCUT2D eigenvalue weighted by atomic mass is 32.1. The Bertz CT molecular complexity index is 918. The molecule has 2 amide bonds. The van der Waals surface area contributed by atoms with Crippen LogP contribution in [0.3, 0.4) is 0 Å². The van der Waals surface area contributed by atoms with Gasteiger partial charge in [0.1, 0.15) is 10.8 Å². The first-order valence-corrected chi connectivity index (χ1v) is 8.43. The maximum atomic E-state index is 13.1. The number of carbonyl (C=O) groups excluding carboxylic acids is 3. The van der Waals surface area contributed by atoms with Gasteiger partial charge in [0.25, 0.3) is 11.8 Å². The molecule has 26 heavy (non-hydrogen) atoms. The molecule has 3 N–H and O–H groups in total. The second kappa shape index (κ2) is 6.56. The van der Waals surface area contributed by atoms with Crippen molar-refractivity contribution in [2.75, 3.05) is 5.32 Å². The summed E-state index contributed by atoms with van der Waals surface area (Å²) in [5.41, 5.74) is 4.40. The van der Waals surface area contributed by atoms with E-state index in [-0.39, 0.29) is 29.2 Å². The zero-order valence-corrected chi connectivity index (χ0v) is 14.1. The molecule has 0 unspecified atom stereocenters. The SMILES string of the molecule is NC(=O)c1c(NC(=O)c2ccccc2C(F)(F)F)sc2c1CCC(=O)C2.